The molecule has 0 aliphatic carbocycles. The number of aliphatic hydroxyl groups is 1. The number of nitrogens with zero attached hydrogens (tertiary/aromatic N) is 2. The Bertz CT molecular complexity index is 1260. The van der Waals surface area contributed by atoms with Crippen LogP contribution in [-0.4, -0.2) is 76.7 Å². The fraction of sp³-hybridized carbons (Fsp3) is 0.676. The van der Waals surface area contributed by atoms with E-state index in [0.29, 0.717) is 29.9 Å². The monoisotopic (exact) mass is 629 g/mol. The van der Waals surface area contributed by atoms with Crippen LogP contribution in [0.15, 0.2) is 47.4 Å². The summed E-state index contributed by atoms with van der Waals surface area (Å²) in [6.07, 6.45) is 7.58. The number of hydrogen-bond donors (Lipinski definition) is 1. The van der Waals surface area contributed by atoms with Crippen molar-refractivity contribution in [1.82, 2.24) is 0 Å². The SMILES string of the molecule is CCCCC1(CCCC)CS(=O)(=O)c2ccc(N(C)C)cc2[C@@H](c2cccc(OCCCCC[N+](CC)(CC)CC)c2)[C@H]1O. The summed E-state index contributed by atoms with van der Waals surface area (Å²) < 4.78 is 35.7. The summed E-state index contributed by atoms with van der Waals surface area (Å²) in [5, 5.41) is 12.4. The van der Waals surface area contributed by atoms with Gasteiger partial charge in [-0.05, 0) is 94.3 Å². The van der Waals surface area contributed by atoms with E-state index >= 15 is 0 Å². The van der Waals surface area contributed by atoms with E-state index in [9.17, 15) is 13.5 Å². The summed E-state index contributed by atoms with van der Waals surface area (Å²) in [5.74, 6) is 0.291. The average molecular weight is 630 g/mol. The van der Waals surface area contributed by atoms with E-state index in [0.717, 1.165) is 55.5 Å². The van der Waals surface area contributed by atoms with Gasteiger partial charge in [0.15, 0.2) is 9.84 Å². The second-order valence-corrected chi connectivity index (χ2v) is 15.3. The van der Waals surface area contributed by atoms with E-state index in [4.69, 9.17) is 4.74 Å². The van der Waals surface area contributed by atoms with Gasteiger partial charge in [-0.15, -0.1) is 0 Å². The van der Waals surface area contributed by atoms with E-state index in [1.165, 1.54) is 37.1 Å². The molecule has 248 valence electrons. The van der Waals surface area contributed by atoms with Crippen LogP contribution in [0, 0.1) is 5.41 Å². The fourth-order valence-corrected chi connectivity index (χ4v) is 9.44. The van der Waals surface area contributed by atoms with Crippen LogP contribution in [0.5, 0.6) is 5.75 Å². The molecule has 7 heteroatoms. The molecule has 0 unspecified atom stereocenters. The molecular formula is C37H61N2O4S+. The summed E-state index contributed by atoms with van der Waals surface area (Å²) in [5.41, 5.74) is 1.82. The van der Waals surface area contributed by atoms with Crippen molar-refractivity contribution < 1.29 is 22.7 Å². The van der Waals surface area contributed by atoms with E-state index < -0.39 is 27.3 Å². The van der Waals surface area contributed by atoms with E-state index in [-0.39, 0.29) is 5.75 Å². The Morgan fingerprint density at radius 2 is 1.55 bits per heavy atom. The molecule has 44 heavy (non-hydrogen) atoms. The maximum absolute atomic E-state index is 14.1. The minimum absolute atomic E-state index is 0.0176. The predicted octanol–water partition coefficient (Wildman–Crippen LogP) is 7.83. The lowest BCUT2D eigenvalue weighted by atomic mass is 9.68. The van der Waals surface area contributed by atoms with Crippen LogP contribution in [-0.2, 0) is 9.84 Å². The maximum atomic E-state index is 14.1. The lowest BCUT2D eigenvalue weighted by molar-refractivity contribution is -0.923. The number of sulfone groups is 1. The molecule has 0 radical (unpaired) electrons. The molecule has 1 N–H and O–H groups in total. The third-order valence-electron chi connectivity index (χ3n) is 10.4. The van der Waals surface area contributed by atoms with Gasteiger partial charge in [0.2, 0.25) is 0 Å². The lowest BCUT2D eigenvalue weighted by Gasteiger charge is -2.40. The second kappa shape index (κ2) is 16.5. The Labute approximate surface area is 269 Å². The van der Waals surface area contributed by atoms with Crippen LogP contribution in [0.4, 0.5) is 5.69 Å². The average Bonchev–Trinajstić information content (AvgIpc) is 3.09. The molecule has 2 aromatic rings. The van der Waals surface area contributed by atoms with Gasteiger partial charge < -0.3 is 19.2 Å². The lowest BCUT2D eigenvalue weighted by Crippen LogP contribution is -2.48. The van der Waals surface area contributed by atoms with Gasteiger partial charge in [-0.1, -0.05) is 51.7 Å². The Balaban J connectivity index is 1.95. The van der Waals surface area contributed by atoms with Crippen LogP contribution in [0.25, 0.3) is 0 Å². The number of rotatable bonds is 18. The van der Waals surface area contributed by atoms with Crippen molar-refractivity contribution in [3.63, 3.8) is 0 Å². The van der Waals surface area contributed by atoms with Crippen LogP contribution in [0.2, 0.25) is 0 Å². The highest BCUT2D eigenvalue weighted by Crippen LogP contribution is 2.50. The summed E-state index contributed by atoms with van der Waals surface area (Å²) in [6, 6.07) is 13.7. The Morgan fingerprint density at radius 1 is 0.886 bits per heavy atom. The minimum atomic E-state index is -3.62. The molecule has 2 atom stereocenters. The van der Waals surface area contributed by atoms with Gasteiger partial charge in [0, 0.05) is 31.1 Å². The van der Waals surface area contributed by atoms with Crippen molar-refractivity contribution in [3.8, 4) is 5.75 Å². The van der Waals surface area contributed by atoms with Crippen LogP contribution in [0.3, 0.4) is 0 Å². The zero-order valence-corrected chi connectivity index (χ0v) is 29.6. The van der Waals surface area contributed by atoms with Crippen molar-refractivity contribution in [2.75, 3.05) is 57.5 Å². The molecule has 6 nitrogen and oxygen atoms in total. The Morgan fingerprint density at radius 3 is 2.14 bits per heavy atom. The molecule has 2 aromatic carbocycles. The van der Waals surface area contributed by atoms with Gasteiger partial charge >= 0.3 is 0 Å². The van der Waals surface area contributed by atoms with E-state index in [1.54, 1.807) is 6.07 Å². The zero-order valence-electron chi connectivity index (χ0n) is 28.8. The first-order valence-electron chi connectivity index (χ1n) is 17.3. The molecular weight excluding hydrogens is 568 g/mol. The van der Waals surface area contributed by atoms with Crippen molar-refractivity contribution >= 4 is 15.5 Å². The number of benzene rings is 2. The number of quaternary nitrogens is 1. The molecule has 0 fully saturated rings. The number of fused-ring (bicyclic) bond motifs is 1. The molecule has 0 aromatic heterocycles. The first-order chi connectivity index (χ1) is 21.0. The predicted molar refractivity (Wildman–Crippen MR) is 185 cm³/mol. The summed E-state index contributed by atoms with van der Waals surface area (Å²) >= 11 is 0. The molecule has 0 saturated heterocycles. The molecule has 1 aliphatic heterocycles. The second-order valence-electron chi connectivity index (χ2n) is 13.4. The topological polar surface area (TPSA) is 66.8 Å². The number of unbranched alkanes of at least 4 members (excludes halogenated alkanes) is 4. The zero-order chi connectivity index (χ0) is 32.4. The smallest absolute Gasteiger partial charge is 0.179 e. The van der Waals surface area contributed by atoms with Crippen LogP contribution in [0.1, 0.15) is 109 Å². The van der Waals surface area contributed by atoms with Gasteiger partial charge in [0.05, 0.1) is 49.5 Å². The van der Waals surface area contributed by atoms with Crippen LogP contribution < -0.4 is 9.64 Å². The highest BCUT2D eigenvalue weighted by Gasteiger charge is 2.49. The molecule has 1 aliphatic rings. The number of anilines is 1. The Kier molecular flexibility index (Phi) is 13.6. The van der Waals surface area contributed by atoms with E-state index in [1.807, 2.05) is 55.4 Å². The largest absolute Gasteiger partial charge is 0.494 e. The highest BCUT2D eigenvalue weighted by molar-refractivity contribution is 7.91. The first-order valence-corrected chi connectivity index (χ1v) is 19.0. The van der Waals surface area contributed by atoms with Crippen molar-refractivity contribution in [3.05, 3.63) is 53.6 Å². The summed E-state index contributed by atoms with van der Waals surface area (Å²) in [7, 11) is 0.303. The minimum Gasteiger partial charge on any atom is -0.494 e. The first kappa shape index (κ1) is 36.4. The van der Waals surface area contributed by atoms with Crippen molar-refractivity contribution in [2.45, 2.75) is 109 Å². The quantitative estimate of drug-likeness (QED) is 0.135. The van der Waals surface area contributed by atoms with Gasteiger partial charge in [-0.2, -0.15) is 0 Å². The highest BCUT2D eigenvalue weighted by atomic mass is 32.2. The summed E-state index contributed by atoms with van der Waals surface area (Å²) in [6.45, 7) is 16.6. The number of ether oxygens (including phenoxy) is 1. The fourth-order valence-electron chi connectivity index (χ4n) is 7.25. The third-order valence-corrected chi connectivity index (χ3v) is 12.4. The number of hydrogen-bond acceptors (Lipinski definition) is 5. The summed E-state index contributed by atoms with van der Waals surface area (Å²) in [4.78, 5) is 2.35. The van der Waals surface area contributed by atoms with Crippen molar-refractivity contribution in [1.29, 1.82) is 0 Å². The van der Waals surface area contributed by atoms with E-state index in [2.05, 4.69) is 34.6 Å². The van der Waals surface area contributed by atoms with Crippen molar-refractivity contribution in [2.24, 2.45) is 5.41 Å². The maximum Gasteiger partial charge on any atom is 0.179 e. The molecule has 0 saturated carbocycles. The Hall–Kier alpha value is -2.09. The van der Waals surface area contributed by atoms with Crippen LogP contribution >= 0.6 is 0 Å². The number of aliphatic hydroxyl groups excluding tert-OH is 1. The van der Waals surface area contributed by atoms with Gasteiger partial charge in [-0.3, -0.25) is 0 Å². The molecule has 3 rings (SSSR count). The molecule has 0 amide bonds. The van der Waals surface area contributed by atoms with Gasteiger partial charge in [-0.25, -0.2) is 8.42 Å². The van der Waals surface area contributed by atoms with Gasteiger partial charge in [0.25, 0.3) is 0 Å². The normalized spacial score (nSPS) is 19.3. The van der Waals surface area contributed by atoms with Gasteiger partial charge in [0.1, 0.15) is 5.75 Å². The molecule has 0 bridgehead atoms. The third kappa shape index (κ3) is 8.58. The standard InChI is InChI=1S/C37H61N2O4S/c1-8-13-23-37(24-14-9-2)29-44(41,42)34-22-21-31(38(6)7)28-33(34)35(36(37)40)30-19-18-20-32(27-30)43-26-17-15-16-25-39(10-3,11-4)12-5/h18-22,27-28,35-36,40H,8-17,23-26,29H2,1-7H3/q+1/t35-,36-/m1/s1. The molecule has 0 spiro atoms. The molecule has 1 heterocycles.